The summed E-state index contributed by atoms with van der Waals surface area (Å²) in [4.78, 5) is 0. The highest BCUT2D eigenvalue weighted by Gasteiger charge is 2.57. The predicted octanol–water partition coefficient (Wildman–Crippen LogP) is 1.77. The molecule has 4 saturated heterocycles. The second kappa shape index (κ2) is 11.9. The van der Waals surface area contributed by atoms with Crippen LogP contribution in [0.5, 0.6) is 0 Å². The average Bonchev–Trinajstić information content (AvgIpc) is 3.60. The lowest BCUT2D eigenvalue weighted by molar-refractivity contribution is -0.0409. The zero-order valence-corrected chi connectivity index (χ0v) is 19.6. The first-order valence-corrected chi connectivity index (χ1v) is 12.7. The van der Waals surface area contributed by atoms with Crippen molar-refractivity contribution in [3.8, 4) is 0 Å². The first-order chi connectivity index (χ1) is 15.6. The van der Waals surface area contributed by atoms with E-state index in [1.807, 2.05) is 0 Å². The van der Waals surface area contributed by atoms with Crippen LogP contribution in [-0.2, 0) is 28.4 Å². The van der Waals surface area contributed by atoms with Gasteiger partial charge < -0.3 is 39.9 Å². The smallest absolute Gasteiger partial charge is 0.0827 e. The van der Waals surface area contributed by atoms with Crippen LogP contribution in [0.2, 0.25) is 0 Å². The number of nitrogens with two attached hydrogens (primary N) is 2. The zero-order chi connectivity index (χ0) is 22.3. The van der Waals surface area contributed by atoms with Crippen molar-refractivity contribution in [2.45, 2.75) is 87.7 Å². The molecule has 4 rings (SSSR count). The Hall–Kier alpha value is -0.320. The molecule has 0 aromatic carbocycles. The molecule has 0 aliphatic carbocycles. The number of unbranched alkanes of at least 4 members (excludes halogenated alkanes) is 3. The molecule has 8 nitrogen and oxygen atoms in total. The molecule has 4 N–H and O–H groups in total. The fourth-order valence-electron chi connectivity index (χ4n) is 5.01. The second-order valence-corrected chi connectivity index (χ2v) is 10.3. The molecule has 0 amide bonds. The Morgan fingerprint density at radius 3 is 1.53 bits per heavy atom. The molecular weight excluding hydrogens is 412 g/mol. The van der Waals surface area contributed by atoms with E-state index in [9.17, 15) is 0 Å². The molecule has 0 spiro atoms. The number of epoxide rings is 4. The zero-order valence-electron chi connectivity index (χ0n) is 19.6. The van der Waals surface area contributed by atoms with Crippen LogP contribution in [0.4, 0.5) is 0 Å². The van der Waals surface area contributed by atoms with Gasteiger partial charge in [-0.15, -0.1) is 0 Å². The molecule has 4 fully saturated rings. The molecule has 0 bridgehead atoms. The molecule has 4 aliphatic rings. The van der Waals surface area contributed by atoms with E-state index in [1.54, 1.807) is 0 Å². The summed E-state index contributed by atoms with van der Waals surface area (Å²) in [5, 5.41) is 0. The molecular formula is C24H44N2O6. The van der Waals surface area contributed by atoms with Gasteiger partial charge in [-0.3, -0.25) is 0 Å². The van der Waals surface area contributed by atoms with Crippen LogP contribution in [0.15, 0.2) is 0 Å². The topological polar surface area (TPSA) is 121 Å². The van der Waals surface area contributed by atoms with E-state index in [-0.39, 0.29) is 17.6 Å². The van der Waals surface area contributed by atoms with Gasteiger partial charge in [0.05, 0.1) is 57.5 Å². The van der Waals surface area contributed by atoms with Crippen molar-refractivity contribution in [1.82, 2.24) is 0 Å². The number of ether oxygens (including phenoxy) is 6. The number of rotatable bonds is 21. The third-order valence-electron chi connectivity index (χ3n) is 7.28. The van der Waals surface area contributed by atoms with Crippen molar-refractivity contribution in [3.05, 3.63) is 0 Å². The molecule has 8 heteroatoms. The Bertz CT molecular complexity index is 521. The molecule has 4 atom stereocenters. The van der Waals surface area contributed by atoms with Gasteiger partial charge in [0.2, 0.25) is 0 Å². The normalized spacial score (nSPS) is 31.7. The summed E-state index contributed by atoms with van der Waals surface area (Å²) >= 11 is 0. The van der Waals surface area contributed by atoms with Crippen LogP contribution in [0.25, 0.3) is 0 Å². The third-order valence-corrected chi connectivity index (χ3v) is 7.28. The highest BCUT2D eigenvalue weighted by Crippen LogP contribution is 2.50. The largest absolute Gasteiger partial charge is 0.381 e. The van der Waals surface area contributed by atoms with Crippen LogP contribution in [0.3, 0.4) is 0 Å². The van der Waals surface area contributed by atoms with E-state index >= 15 is 0 Å². The lowest BCUT2D eigenvalue weighted by Crippen LogP contribution is -2.60. The minimum absolute atomic E-state index is 0.177. The van der Waals surface area contributed by atoms with Crippen molar-refractivity contribution < 1.29 is 28.4 Å². The summed E-state index contributed by atoms with van der Waals surface area (Å²) in [5.74, 6) is 0. The van der Waals surface area contributed by atoms with Crippen LogP contribution in [0.1, 0.15) is 57.8 Å². The molecule has 0 radical (unpaired) electrons. The first kappa shape index (κ1) is 24.8. The predicted molar refractivity (Wildman–Crippen MR) is 121 cm³/mol. The molecule has 4 heterocycles. The Labute approximate surface area is 192 Å². The van der Waals surface area contributed by atoms with E-state index in [0.717, 1.165) is 97.6 Å². The quantitative estimate of drug-likeness (QED) is 0.198. The van der Waals surface area contributed by atoms with Gasteiger partial charge in [-0.05, 0) is 51.5 Å². The Balaban J connectivity index is 1.26. The van der Waals surface area contributed by atoms with Gasteiger partial charge in [0, 0.05) is 30.8 Å². The van der Waals surface area contributed by atoms with Gasteiger partial charge in [-0.1, -0.05) is 12.8 Å². The van der Waals surface area contributed by atoms with E-state index in [4.69, 9.17) is 39.9 Å². The maximum atomic E-state index is 7.27. The molecule has 0 aromatic rings. The summed E-state index contributed by atoms with van der Waals surface area (Å²) in [5.41, 5.74) is 12.2. The Morgan fingerprint density at radius 1 is 0.625 bits per heavy atom. The van der Waals surface area contributed by atoms with Crippen molar-refractivity contribution >= 4 is 0 Å². The van der Waals surface area contributed by atoms with Crippen molar-refractivity contribution in [3.63, 3.8) is 0 Å². The van der Waals surface area contributed by atoms with Gasteiger partial charge in [0.25, 0.3) is 0 Å². The lowest BCUT2D eigenvalue weighted by atomic mass is 9.61. The van der Waals surface area contributed by atoms with Gasteiger partial charge >= 0.3 is 0 Å². The SMILES string of the molecule is NCCCOCCCCCCOCC(CC1CO1)(CC1CO1)C(N)(CC1CO1)CC1CO1. The lowest BCUT2D eigenvalue weighted by Gasteiger charge is -2.49. The van der Waals surface area contributed by atoms with E-state index in [2.05, 4.69) is 0 Å². The van der Waals surface area contributed by atoms with Crippen LogP contribution >= 0.6 is 0 Å². The van der Waals surface area contributed by atoms with E-state index in [1.165, 1.54) is 6.42 Å². The highest BCUT2D eigenvalue weighted by atomic mass is 16.6. The minimum atomic E-state index is -0.395. The summed E-state index contributed by atoms with van der Waals surface area (Å²) in [6.07, 6.45) is 10.1. The molecule has 4 unspecified atom stereocenters. The van der Waals surface area contributed by atoms with Gasteiger partial charge in [0.1, 0.15) is 0 Å². The summed E-state index contributed by atoms with van der Waals surface area (Å²) in [6, 6.07) is 0. The Morgan fingerprint density at radius 2 is 1.06 bits per heavy atom. The maximum Gasteiger partial charge on any atom is 0.0827 e. The van der Waals surface area contributed by atoms with Crippen LogP contribution < -0.4 is 11.5 Å². The van der Waals surface area contributed by atoms with Gasteiger partial charge in [0.15, 0.2) is 0 Å². The number of hydrogen-bond acceptors (Lipinski definition) is 8. The standard InChI is InChI=1S/C24H44N2O6/c25-6-5-9-27-7-3-1-2-4-8-28-18-23(10-19-14-29-19,11-20-15-30-20)24(26,12-21-16-31-21)13-22-17-32-22/h19-22H,1-18,25-26H2. The molecule has 32 heavy (non-hydrogen) atoms. The van der Waals surface area contributed by atoms with E-state index in [0.29, 0.717) is 25.4 Å². The number of hydrogen-bond donors (Lipinski definition) is 2. The average molecular weight is 457 g/mol. The third kappa shape index (κ3) is 8.17. The van der Waals surface area contributed by atoms with Crippen molar-refractivity contribution in [1.29, 1.82) is 0 Å². The van der Waals surface area contributed by atoms with Crippen LogP contribution in [0, 0.1) is 5.41 Å². The van der Waals surface area contributed by atoms with Crippen molar-refractivity contribution in [2.24, 2.45) is 16.9 Å². The van der Waals surface area contributed by atoms with E-state index < -0.39 is 5.54 Å². The fourth-order valence-corrected chi connectivity index (χ4v) is 5.01. The first-order valence-electron chi connectivity index (χ1n) is 12.7. The van der Waals surface area contributed by atoms with Gasteiger partial charge in [-0.25, -0.2) is 0 Å². The summed E-state index contributed by atoms with van der Waals surface area (Å²) in [7, 11) is 0. The fraction of sp³-hybridized carbons (Fsp3) is 1.00. The van der Waals surface area contributed by atoms with Gasteiger partial charge in [-0.2, -0.15) is 0 Å². The molecule has 4 aliphatic heterocycles. The summed E-state index contributed by atoms with van der Waals surface area (Å²) in [6.45, 7) is 7.02. The monoisotopic (exact) mass is 456 g/mol. The summed E-state index contributed by atoms with van der Waals surface area (Å²) < 4.78 is 34.5. The molecule has 0 aromatic heterocycles. The molecule has 0 saturated carbocycles. The van der Waals surface area contributed by atoms with Crippen LogP contribution in [-0.4, -0.2) is 89.4 Å². The molecule has 186 valence electrons. The Kier molecular flexibility index (Phi) is 9.21. The van der Waals surface area contributed by atoms with Crippen molar-refractivity contribution in [2.75, 3.05) is 59.4 Å². The highest BCUT2D eigenvalue weighted by molar-refractivity contribution is 5.10. The maximum absolute atomic E-state index is 7.27. The minimum Gasteiger partial charge on any atom is -0.381 e. The second-order valence-electron chi connectivity index (χ2n) is 10.3.